The highest BCUT2D eigenvalue weighted by molar-refractivity contribution is 5.85. The van der Waals surface area contributed by atoms with E-state index in [2.05, 4.69) is 17.6 Å². The first-order valence-corrected chi connectivity index (χ1v) is 8.88. The molecule has 5 nitrogen and oxygen atoms in total. The van der Waals surface area contributed by atoms with Gasteiger partial charge in [-0.3, -0.25) is 4.79 Å². The molecule has 134 valence electrons. The lowest BCUT2D eigenvalue weighted by atomic mass is 9.85. The van der Waals surface area contributed by atoms with E-state index in [0.29, 0.717) is 18.3 Å². The van der Waals surface area contributed by atoms with Crippen molar-refractivity contribution in [3.8, 4) is 0 Å². The molecule has 0 heterocycles. The molecule has 0 spiro atoms. The smallest absolute Gasteiger partial charge is 0.408 e. The molecule has 0 aromatic carbocycles. The zero-order valence-corrected chi connectivity index (χ0v) is 15.6. The normalized spacial score (nSPS) is 23.3. The first kappa shape index (κ1) is 19.8. The minimum Gasteiger partial charge on any atom is -0.444 e. The summed E-state index contributed by atoms with van der Waals surface area (Å²) in [7, 11) is 0. The van der Waals surface area contributed by atoms with E-state index in [1.165, 1.54) is 6.42 Å². The lowest BCUT2D eigenvalue weighted by Crippen LogP contribution is -2.52. The van der Waals surface area contributed by atoms with Crippen LogP contribution in [0.2, 0.25) is 0 Å². The summed E-state index contributed by atoms with van der Waals surface area (Å²) in [6, 6.07) is -0.328. The second kappa shape index (κ2) is 8.55. The van der Waals surface area contributed by atoms with Gasteiger partial charge in [-0.2, -0.15) is 0 Å². The second-order valence-electron chi connectivity index (χ2n) is 8.21. The van der Waals surface area contributed by atoms with Crippen LogP contribution in [0, 0.1) is 11.8 Å². The van der Waals surface area contributed by atoms with Gasteiger partial charge in [-0.25, -0.2) is 4.79 Å². The van der Waals surface area contributed by atoms with Gasteiger partial charge in [0.1, 0.15) is 11.6 Å². The largest absolute Gasteiger partial charge is 0.444 e. The minimum absolute atomic E-state index is 0.0942. The summed E-state index contributed by atoms with van der Waals surface area (Å²) in [5, 5.41) is 5.87. The van der Waals surface area contributed by atoms with Crippen LogP contribution in [0.15, 0.2) is 0 Å². The van der Waals surface area contributed by atoms with E-state index in [4.69, 9.17) is 4.74 Å². The third-order valence-corrected chi connectivity index (χ3v) is 4.15. The Balaban J connectivity index is 2.64. The van der Waals surface area contributed by atoms with Crippen LogP contribution in [0.5, 0.6) is 0 Å². The maximum Gasteiger partial charge on any atom is 0.408 e. The number of alkyl carbamates (subject to hydrolysis) is 1. The molecule has 1 rings (SSSR count). The number of rotatable bonds is 5. The van der Waals surface area contributed by atoms with Crippen molar-refractivity contribution < 1.29 is 14.3 Å². The highest BCUT2D eigenvalue weighted by Gasteiger charge is 2.29. The summed E-state index contributed by atoms with van der Waals surface area (Å²) < 4.78 is 5.28. The topological polar surface area (TPSA) is 67.4 Å². The second-order valence-corrected chi connectivity index (χ2v) is 8.21. The molecule has 0 aromatic heterocycles. The van der Waals surface area contributed by atoms with E-state index < -0.39 is 17.7 Å². The summed E-state index contributed by atoms with van der Waals surface area (Å²) in [5.41, 5.74) is -0.569. The number of hydrogen-bond donors (Lipinski definition) is 2. The Labute approximate surface area is 140 Å². The molecule has 1 saturated carbocycles. The van der Waals surface area contributed by atoms with Crippen molar-refractivity contribution in [1.29, 1.82) is 0 Å². The zero-order valence-electron chi connectivity index (χ0n) is 15.6. The van der Waals surface area contributed by atoms with E-state index in [1.54, 1.807) is 0 Å². The van der Waals surface area contributed by atoms with E-state index >= 15 is 0 Å². The van der Waals surface area contributed by atoms with E-state index in [1.807, 2.05) is 34.6 Å². The number of carbonyl (C=O) groups excluding carboxylic acids is 2. The first-order valence-electron chi connectivity index (χ1n) is 8.88. The van der Waals surface area contributed by atoms with Crippen LogP contribution >= 0.6 is 0 Å². The minimum atomic E-state index is -0.569. The Morgan fingerprint density at radius 1 is 1.17 bits per heavy atom. The third-order valence-electron chi connectivity index (χ3n) is 4.15. The van der Waals surface area contributed by atoms with E-state index in [0.717, 1.165) is 19.3 Å². The van der Waals surface area contributed by atoms with Crippen molar-refractivity contribution in [1.82, 2.24) is 10.6 Å². The lowest BCUT2D eigenvalue weighted by molar-refractivity contribution is -0.124. The number of hydrogen-bond acceptors (Lipinski definition) is 3. The van der Waals surface area contributed by atoms with Crippen LogP contribution in [0.4, 0.5) is 4.79 Å². The third kappa shape index (κ3) is 7.71. The summed E-state index contributed by atoms with van der Waals surface area (Å²) in [5.74, 6) is 0.710. The molecule has 2 N–H and O–H groups in total. The fourth-order valence-electron chi connectivity index (χ4n) is 2.97. The summed E-state index contributed by atoms with van der Waals surface area (Å²) in [4.78, 5) is 24.6. The van der Waals surface area contributed by atoms with Crippen LogP contribution < -0.4 is 10.6 Å². The van der Waals surface area contributed by atoms with Crippen LogP contribution in [0.3, 0.4) is 0 Å². The molecule has 0 saturated heterocycles. The van der Waals surface area contributed by atoms with Gasteiger partial charge in [0.15, 0.2) is 0 Å². The molecule has 2 amide bonds. The number of nitrogens with one attached hydrogen (secondary N) is 2. The Kier molecular flexibility index (Phi) is 7.36. The molecule has 23 heavy (non-hydrogen) atoms. The van der Waals surface area contributed by atoms with Gasteiger partial charge in [0, 0.05) is 6.04 Å². The highest BCUT2D eigenvalue weighted by atomic mass is 16.6. The van der Waals surface area contributed by atoms with Gasteiger partial charge in [-0.1, -0.05) is 33.6 Å². The Bertz CT molecular complexity index is 402. The van der Waals surface area contributed by atoms with Crippen molar-refractivity contribution in [2.45, 2.75) is 91.3 Å². The molecule has 0 unspecified atom stereocenters. The molecule has 1 aliphatic rings. The Hall–Kier alpha value is -1.26. The van der Waals surface area contributed by atoms with Crippen LogP contribution in [-0.2, 0) is 9.53 Å². The van der Waals surface area contributed by atoms with Crippen molar-refractivity contribution in [2.75, 3.05) is 0 Å². The van der Waals surface area contributed by atoms with Crippen LogP contribution in [-0.4, -0.2) is 29.7 Å². The van der Waals surface area contributed by atoms with E-state index in [9.17, 15) is 9.59 Å². The maximum absolute atomic E-state index is 12.6. The molecule has 0 bridgehead atoms. The molecule has 3 atom stereocenters. The molecular formula is C18H34N2O3. The van der Waals surface area contributed by atoms with Gasteiger partial charge in [0.25, 0.3) is 0 Å². The Morgan fingerprint density at radius 2 is 1.78 bits per heavy atom. The quantitative estimate of drug-likeness (QED) is 0.811. The average Bonchev–Trinajstić information content (AvgIpc) is 2.37. The molecule has 0 aromatic rings. The van der Waals surface area contributed by atoms with Crippen molar-refractivity contribution in [3.63, 3.8) is 0 Å². The van der Waals surface area contributed by atoms with E-state index in [-0.39, 0.29) is 11.9 Å². The lowest BCUT2D eigenvalue weighted by Gasteiger charge is -2.31. The SMILES string of the molecule is CC(C)C[C@H](NC(=O)OC(C)(C)C)C(=O)N[C@H]1CCCC[C@@H]1C. The zero-order chi connectivity index (χ0) is 17.6. The molecule has 0 aliphatic heterocycles. The van der Waals surface area contributed by atoms with Gasteiger partial charge in [-0.05, 0) is 51.9 Å². The van der Waals surface area contributed by atoms with Crippen molar-refractivity contribution >= 4 is 12.0 Å². The standard InChI is InChI=1S/C18H34N2O3/c1-12(2)11-15(20-17(22)23-18(4,5)6)16(21)19-14-10-8-7-9-13(14)3/h12-15H,7-11H2,1-6H3,(H,19,21)(H,20,22)/t13-,14-,15-/m0/s1. The molecule has 0 radical (unpaired) electrons. The molecule has 1 fully saturated rings. The van der Waals surface area contributed by atoms with Crippen LogP contribution in [0.25, 0.3) is 0 Å². The average molecular weight is 326 g/mol. The summed E-state index contributed by atoms with van der Waals surface area (Å²) >= 11 is 0. The first-order chi connectivity index (χ1) is 10.6. The number of amides is 2. The van der Waals surface area contributed by atoms with Crippen molar-refractivity contribution in [3.05, 3.63) is 0 Å². The van der Waals surface area contributed by atoms with Gasteiger partial charge < -0.3 is 15.4 Å². The van der Waals surface area contributed by atoms with Gasteiger partial charge in [-0.15, -0.1) is 0 Å². The number of ether oxygens (including phenoxy) is 1. The van der Waals surface area contributed by atoms with Crippen molar-refractivity contribution in [2.24, 2.45) is 11.8 Å². The van der Waals surface area contributed by atoms with Gasteiger partial charge >= 0.3 is 6.09 Å². The molecule has 1 aliphatic carbocycles. The summed E-state index contributed by atoms with van der Waals surface area (Å²) in [6.45, 7) is 11.7. The predicted octanol–water partition coefficient (Wildman–Crippen LogP) is 3.62. The fourth-order valence-corrected chi connectivity index (χ4v) is 2.97. The Morgan fingerprint density at radius 3 is 2.30 bits per heavy atom. The summed E-state index contributed by atoms with van der Waals surface area (Å²) in [6.07, 6.45) is 4.64. The fraction of sp³-hybridized carbons (Fsp3) is 0.889. The monoisotopic (exact) mass is 326 g/mol. The maximum atomic E-state index is 12.6. The highest BCUT2D eigenvalue weighted by Crippen LogP contribution is 2.24. The molecule has 5 heteroatoms. The molecular weight excluding hydrogens is 292 g/mol. The predicted molar refractivity (Wildman–Crippen MR) is 92.2 cm³/mol. The number of carbonyl (C=O) groups is 2. The van der Waals surface area contributed by atoms with Gasteiger partial charge in [0.05, 0.1) is 0 Å². The van der Waals surface area contributed by atoms with Crippen LogP contribution in [0.1, 0.15) is 73.6 Å². The van der Waals surface area contributed by atoms with Gasteiger partial charge in [0.2, 0.25) is 5.91 Å².